The maximum atomic E-state index is 12.4. The van der Waals surface area contributed by atoms with Crippen LogP contribution in [0.4, 0.5) is 5.69 Å². The number of fused-ring (bicyclic) bond motifs is 4. The minimum Gasteiger partial charge on any atom is -0.458 e. The number of hydrogen-bond acceptors (Lipinski definition) is 3. The molecule has 2 atom stereocenters. The maximum Gasteiger partial charge on any atom is 0.329 e. The normalized spacial score (nSPS) is 25.1. The topological polar surface area (TPSA) is 29.5 Å². The molecule has 1 aromatic carbocycles. The highest BCUT2D eigenvalue weighted by molar-refractivity contribution is 5.83. The fourth-order valence-corrected chi connectivity index (χ4v) is 3.27. The van der Waals surface area contributed by atoms with E-state index in [-0.39, 0.29) is 12.0 Å². The molecule has 2 unspecified atom stereocenters. The lowest BCUT2D eigenvalue weighted by Gasteiger charge is -2.36. The number of anilines is 1. The molecule has 0 saturated carbocycles. The summed E-state index contributed by atoms with van der Waals surface area (Å²) in [6.45, 7) is 6.75. The van der Waals surface area contributed by atoms with Crippen molar-refractivity contribution in [3.8, 4) is 0 Å². The van der Waals surface area contributed by atoms with Crippen molar-refractivity contribution in [1.82, 2.24) is 0 Å². The Balaban J connectivity index is 1.88. The second-order valence-corrected chi connectivity index (χ2v) is 6.55. The van der Waals surface area contributed by atoms with Crippen molar-refractivity contribution in [3.05, 3.63) is 29.8 Å². The number of carbonyl (C=O) groups is 1. The monoisotopic (exact) mass is 259 g/mol. The molecule has 0 spiro atoms. The second kappa shape index (κ2) is 4.26. The molecule has 2 aliphatic rings. The Hall–Kier alpha value is -1.51. The fraction of sp³-hybridized carbons (Fsp3) is 0.562. The van der Waals surface area contributed by atoms with Crippen LogP contribution in [0.25, 0.3) is 0 Å². The molecule has 3 nitrogen and oxygen atoms in total. The van der Waals surface area contributed by atoms with Gasteiger partial charge in [0, 0.05) is 12.2 Å². The van der Waals surface area contributed by atoms with Gasteiger partial charge in [0.25, 0.3) is 0 Å². The van der Waals surface area contributed by atoms with E-state index in [4.69, 9.17) is 4.74 Å². The van der Waals surface area contributed by atoms with Crippen LogP contribution in [0.1, 0.15) is 32.8 Å². The molecule has 3 heteroatoms. The van der Waals surface area contributed by atoms with Gasteiger partial charge in [0.05, 0.1) is 0 Å². The first kappa shape index (κ1) is 12.5. The van der Waals surface area contributed by atoms with Gasteiger partial charge in [-0.05, 0) is 51.2 Å². The predicted molar refractivity (Wildman–Crippen MR) is 75.2 cm³/mol. The molecular formula is C16H21NO2. The summed E-state index contributed by atoms with van der Waals surface area (Å²) in [4.78, 5) is 14.7. The Morgan fingerprint density at radius 2 is 2.05 bits per heavy atom. The van der Waals surface area contributed by atoms with Gasteiger partial charge in [0.15, 0.2) is 0 Å². The molecule has 19 heavy (non-hydrogen) atoms. The molecule has 3 rings (SSSR count). The fourth-order valence-electron chi connectivity index (χ4n) is 3.27. The van der Waals surface area contributed by atoms with E-state index in [1.807, 2.05) is 26.8 Å². The Bertz CT molecular complexity index is 504. The van der Waals surface area contributed by atoms with E-state index < -0.39 is 5.60 Å². The average molecular weight is 259 g/mol. The molecule has 1 fully saturated rings. The molecule has 1 aromatic rings. The maximum absolute atomic E-state index is 12.4. The third-order valence-electron chi connectivity index (χ3n) is 3.95. The molecule has 0 amide bonds. The van der Waals surface area contributed by atoms with Gasteiger partial charge >= 0.3 is 5.97 Å². The van der Waals surface area contributed by atoms with Crippen molar-refractivity contribution in [1.29, 1.82) is 0 Å². The number of esters is 1. The van der Waals surface area contributed by atoms with Gasteiger partial charge < -0.3 is 9.64 Å². The van der Waals surface area contributed by atoms with Crippen LogP contribution in [0.15, 0.2) is 24.3 Å². The number of benzene rings is 1. The van der Waals surface area contributed by atoms with Crippen LogP contribution < -0.4 is 4.90 Å². The van der Waals surface area contributed by atoms with Crippen molar-refractivity contribution in [2.75, 3.05) is 11.4 Å². The lowest BCUT2D eigenvalue weighted by atomic mass is 9.88. The first-order valence-corrected chi connectivity index (χ1v) is 7.03. The summed E-state index contributed by atoms with van der Waals surface area (Å²) in [5, 5.41) is 0. The summed E-state index contributed by atoms with van der Waals surface area (Å²) in [5.74, 6) is 0.342. The van der Waals surface area contributed by atoms with Gasteiger partial charge in [-0.2, -0.15) is 0 Å². The van der Waals surface area contributed by atoms with Crippen molar-refractivity contribution < 1.29 is 9.53 Å². The largest absolute Gasteiger partial charge is 0.458 e. The lowest BCUT2D eigenvalue weighted by Crippen LogP contribution is -2.46. The van der Waals surface area contributed by atoms with E-state index in [2.05, 4.69) is 23.1 Å². The lowest BCUT2D eigenvalue weighted by molar-refractivity contribution is -0.157. The molecule has 0 aromatic heterocycles. The third-order valence-corrected chi connectivity index (χ3v) is 3.95. The number of para-hydroxylation sites is 1. The zero-order valence-electron chi connectivity index (χ0n) is 11.8. The van der Waals surface area contributed by atoms with Crippen molar-refractivity contribution in [2.24, 2.45) is 5.92 Å². The van der Waals surface area contributed by atoms with Gasteiger partial charge in [-0.15, -0.1) is 0 Å². The highest BCUT2D eigenvalue weighted by Gasteiger charge is 2.45. The minimum atomic E-state index is -0.408. The number of ether oxygens (including phenoxy) is 1. The molecular weight excluding hydrogens is 238 g/mol. The Morgan fingerprint density at radius 1 is 1.32 bits per heavy atom. The van der Waals surface area contributed by atoms with E-state index in [0.717, 1.165) is 19.4 Å². The van der Waals surface area contributed by atoms with E-state index >= 15 is 0 Å². The molecule has 0 aliphatic carbocycles. The van der Waals surface area contributed by atoms with Crippen LogP contribution in [-0.4, -0.2) is 24.2 Å². The molecule has 102 valence electrons. The summed E-state index contributed by atoms with van der Waals surface area (Å²) in [6.07, 6.45) is 2.08. The first-order chi connectivity index (χ1) is 8.96. The van der Waals surface area contributed by atoms with Crippen LogP contribution in [-0.2, 0) is 16.0 Å². The van der Waals surface area contributed by atoms with E-state index in [0.29, 0.717) is 5.92 Å². The third kappa shape index (κ3) is 2.22. The number of rotatable bonds is 1. The number of hydrogen-bond donors (Lipinski definition) is 0. The van der Waals surface area contributed by atoms with Crippen LogP contribution in [0.5, 0.6) is 0 Å². The zero-order chi connectivity index (χ0) is 13.6. The van der Waals surface area contributed by atoms with Crippen LogP contribution >= 0.6 is 0 Å². The highest BCUT2D eigenvalue weighted by atomic mass is 16.6. The number of carbonyl (C=O) groups excluding carboxylic acids is 1. The molecule has 2 bridgehead atoms. The summed E-state index contributed by atoms with van der Waals surface area (Å²) < 4.78 is 5.59. The minimum absolute atomic E-state index is 0.0653. The predicted octanol–water partition coefficient (Wildman–Crippen LogP) is 2.78. The van der Waals surface area contributed by atoms with Crippen LogP contribution in [0, 0.1) is 5.92 Å². The standard InChI is InChI=1S/C16H21NO2/c1-16(2,3)19-15(18)14-12-8-9-17(14)13-7-5-4-6-11(13)10-12/h4-7,12,14H,8-10H2,1-3H3. The zero-order valence-corrected chi connectivity index (χ0v) is 11.8. The molecule has 0 radical (unpaired) electrons. The molecule has 1 saturated heterocycles. The molecule has 2 aliphatic heterocycles. The van der Waals surface area contributed by atoms with Crippen molar-refractivity contribution in [2.45, 2.75) is 45.3 Å². The average Bonchev–Trinajstić information content (AvgIpc) is 2.63. The SMILES string of the molecule is CC(C)(C)OC(=O)C1C2CCN1c1ccccc1C2. The van der Waals surface area contributed by atoms with Crippen LogP contribution in [0.3, 0.4) is 0 Å². The smallest absolute Gasteiger partial charge is 0.329 e. The highest BCUT2D eigenvalue weighted by Crippen LogP contribution is 2.41. The van der Waals surface area contributed by atoms with E-state index in [1.54, 1.807) is 0 Å². The van der Waals surface area contributed by atoms with Crippen LogP contribution in [0.2, 0.25) is 0 Å². The van der Waals surface area contributed by atoms with Gasteiger partial charge in [-0.25, -0.2) is 4.79 Å². The van der Waals surface area contributed by atoms with E-state index in [1.165, 1.54) is 11.3 Å². The quantitative estimate of drug-likeness (QED) is 0.726. The molecule has 0 N–H and O–H groups in total. The van der Waals surface area contributed by atoms with Crippen molar-refractivity contribution >= 4 is 11.7 Å². The van der Waals surface area contributed by atoms with Crippen molar-refractivity contribution in [3.63, 3.8) is 0 Å². The van der Waals surface area contributed by atoms with Gasteiger partial charge in [-0.1, -0.05) is 18.2 Å². The summed E-state index contributed by atoms with van der Waals surface area (Å²) in [5.41, 5.74) is 2.17. The number of nitrogens with zero attached hydrogens (tertiary/aromatic N) is 1. The van der Waals surface area contributed by atoms with E-state index in [9.17, 15) is 4.79 Å². The Labute approximate surface area is 114 Å². The molecule has 2 heterocycles. The summed E-state index contributed by atoms with van der Waals surface area (Å²) in [7, 11) is 0. The van der Waals surface area contributed by atoms with Gasteiger partial charge in [-0.3, -0.25) is 0 Å². The van der Waals surface area contributed by atoms with Gasteiger partial charge in [0.1, 0.15) is 11.6 Å². The Morgan fingerprint density at radius 3 is 2.79 bits per heavy atom. The summed E-state index contributed by atoms with van der Waals surface area (Å²) in [6, 6.07) is 8.32. The summed E-state index contributed by atoms with van der Waals surface area (Å²) >= 11 is 0. The Kier molecular flexibility index (Phi) is 2.80. The first-order valence-electron chi connectivity index (χ1n) is 7.03. The van der Waals surface area contributed by atoms with Gasteiger partial charge in [0.2, 0.25) is 0 Å². The second-order valence-electron chi connectivity index (χ2n) is 6.55.